The van der Waals surface area contributed by atoms with Crippen molar-refractivity contribution < 1.29 is 4.79 Å². The van der Waals surface area contributed by atoms with Crippen LogP contribution in [0.15, 0.2) is 23.2 Å². The van der Waals surface area contributed by atoms with Gasteiger partial charge in [-0.15, -0.1) is 24.0 Å². The molecule has 0 spiro atoms. The van der Waals surface area contributed by atoms with Gasteiger partial charge in [-0.1, -0.05) is 31.5 Å². The summed E-state index contributed by atoms with van der Waals surface area (Å²) in [6, 6.07) is 5.48. The second kappa shape index (κ2) is 12.4. The van der Waals surface area contributed by atoms with Crippen molar-refractivity contribution in [2.75, 3.05) is 25.0 Å². The molecule has 136 valence electrons. The third-order valence-electron chi connectivity index (χ3n) is 3.15. The molecule has 0 aliphatic carbocycles. The first-order chi connectivity index (χ1) is 10.9. The van der Waals surface area contributed by atoms with Gasteiger partial charge in [0.05, 0.1) is 0 Å². The van der Waals surface area contributed by atoms with Crippen LogP contribution in [0.5, 0.6) is 0 Å². The van der Waals surface area contributed by atoms with Crippen molar-refractivity contribution in [3.63, 3.8) is 0 Å². The lowest BCUT2D eigenvalue weighted by Gasteiger charge is -2.13. The number of nitrogens with zero attached hydrogens (tertiary/aromatic N) is 1. The molecule has 0 aromatic heterocycles. The third-order valence-corrected chi connectivity index (χ3v) is 3.55. The Labute approximate surface area is 167 Å². The first-order valence-corrected chi connectivity index (χ1v) is 8.39. The number of benzene rings is 1. The Kier molecular flexibility index (Phi) is 11.8. The number of halogens is 2. The zero-order chi connectivity index (χ0) is 17.2. The molecule has 0 unspecified atom stereocenters. The molecule has 3 N–H and O–H groups in total. The van der Waals surface area contributed by atoms with Crippen molar-refractivity contribution in [3.05, 3.63) is 28.8 Å². The number of rotatable bonds is 7. The Morgan fingerprint density at radius 3 is 2.62 bits per heavy atom. The molecule has 0 fully saturated rings. The number of guanidine groups is 1. The van der Waals surface area contributed by atoms with Gasteiger partial charge in [-0.2, -0.15) is 0 Å². The van der Waals surface area contributed by atoms with E-state index in [2.05, 4.69) is 34.8 Å². The van der Waals surface area contributed by atoms with Gasteiger partial charge in [-0.05, 0) is 37.5 Å². The van der Waals surface area contributed by atoms with E-state index in [1.165, 1.54) is 0 Å². The molecule has 5 nitrogen and oxygen atoms in total. The SMILES string of the molecule is CCNC(=NCC(C)C)NCCC(=O)Nc1cccc(Cl)c1C.I. The molecular weight excluding hydrogens is 439 g/mol. The zero-order valence-electron chi connectivity index (χ0n) is 14.8. The van der Waals surface area contributed by atoms with E-state index in [0.717, 1.165) is 30.3 Å². The van der Waals surface area contributed by atoms with Gasteiger partial charge in [-0.25, -0.2) is 0 Å². The van der Waals surface area contributed by atoms with Gasteiger partial charge in [0.1, 0.15) is 0 Å². The maximum absolute atomic E-state index is 12.0. The van der Waals surface area contributed by atoms with Crippen molar-refractivity contribution in [1.82, 2.24) is 10.6 Å². The highest BCUT2D eigenvalue weighted by atomic mass is 127. The average molecular weight is 467 g/mol. The predicted octanol–water partition coefficient (Wildman–Crippen LogP) is 3.81. The standard InChI is InChI=1S/C17H27ClN4O.HI/c1-5-19-17(21-11-12(2)3)20-10-9-16(23)22-15-8-6-7-14(18)13(15)4;/h6-8,12H,5,9-11H2,1-4H3,(H,22,23)(H2,19,20,21);1H. The Balaban J connectivity index is 0.00000529. The Morgan fingerprint density at radius 2 is 2.00 bits per heavy atom. The smallest absolute Gasteiger partial charge is 0.226 e. The molecule has 1 aromatic carbocycles. The summed E-state index contributed by atoms with van der Waals surface area (Å²) in [6.45, 7) is 10.2. The molecule has 24 heavy (non-hydrogen) atoms. The molecule has 0 aliphatic heterocycles. The molecule has 0 saturated carbocycles. The maximum atomic E-state index is 12.0. The monoisotopic (exact) mass is 466 g/mol. The second-order valence-electron chi connectivity index (χ2n) is 5.75. The molecule has 0 atom stereocenters. The summed E-state index contributed by atoms with van der Waals surface area (Å²) < 4.78 is 0. The molecular formula is C17H28ClIN4O. The highest BCUT2D eigenvalue weighted by molar-refractivity contribution is 14.0. The van der Waals surface area contributed by atoms with Crippen LogP contribution in [0.25, 0.3) is 0 Å². The molecule has 0 aliphatic rings. The van der Waals surface area contributed by atoms with Gasteiger partial charge in [0.25, 0.3) is 0 Å². The number of carbonyl (C=O) groups excluding carboxylic acids is 1. The van der Waals surface area contributed by atoms with Gasteiger partial charge in [0.2, 0.25) is 5.91 Å². The van der Waals surface area contributed by atoms with Crippen LogP contribution in [-0.2, 0) is 4.79 Å². The van der Waals surface area contributed by atoms with Crippen molar-refractivity contribution in [2.45, 2.75) is 34.1 Å². The third kappa shape index (κ3) is 8.73. The van der Waals surface area contributed by atoms with Gasteiger partial charge in [0.15, 0.2) is 5.96 Å². The van der Waals surface area contributed by atoms with Crippen LogP contribution in [0, 0.1) is 12.8 Å². The molecule has 1 amide bonds. The van der Waals surface area contributed by atoms with Crippen LogP contribution >= 0.6 is 35.6 Å². The predicted molar refractivity (Wildman–Crippen MR) is 114 cm³/mol. The number of amides is 1. The summed E-state index contributed by atoms with van der Waals surface area (Å²) >= 11 is 6.05. The minimum Gasteiger partial charge on any atom is -0.357 e. The number of anilines is 1. The lowest BCUT2D eigenvalue weighted by atomic mass is 10.2. The highest BCUT2D eigenvalue weighted by Crippen LogP contribution is 2.22. The molecule has 0 saturated heterocycles. The number of hydrogen-bond acceptors (Lipinski definition) is 2. The van der Waals surface area contributed by atoms with Gasteiger partial charge in [-0.3, -0.25) is 9.79 Å². The van der Waals surface area contributed by atoms with Crippen LogP contribution in [0.1, 0.15) is 32.8 Å². The number of hydrogen-bond donors (Lipinski definition) is 3. The fourth-order valence-corrected chi connectivity index (χ4v) is 2.04. The largest absolute Gasteiger partial charge is 0.357 e. The lowest BCUT2D eigenvalue weighted by molar-refractivity contribution is -0.116. The summed E-state index contributed by atoms with van der Waals surface area (Å²) in [5.41, 5.74) is 1.63. The van der Waals surface area contributed by atoms with Gasteiger partial charge >= 0.3 is 0 Å². The lowest BCUT2D eigenvalue weighted by Crippen LogP contribution is -2.39. The Hall–Kier alpha value is -1.02. The van der Waals surface area contributed by atoms with Crippen molar-refractivity contribution >= 4 is 53.1 Å². The minimum absolute atomic E-state index is 0. The fourth-order valence-electron chi connectivity index (χ4n) is 1.87. The quantitative estimate of drug-likeness (QED) is 0.325. The van der Waals surface area contributed by atoms with Crippen LogP contribution < -0.4 is 16.0 Å². The Morgan fingerprint density at radius 1 is 1.29 bits per heavy atom. The van der Waals surface area contributed by atoms with E-state index in [9.17, 15) is 4.79 Å². The van der Waals surface area contributed by atoms with Crippen LogP contribution in [0.3, 0.4) is 0 Å². The van der Waals surface area contributed by atoms with E-state index in [1.54, 1.807) is 0 Å². The second-order valence-corrected chi connectivity index (χ2v) is 6.16. The molecule has 0 bridgehead atoms. The number of nitrogens with one attached hydrogen (secondary N) is 3. The molecule has 1 rings (SSSR count). The van der Waals surface area contributed by atoms with Crippen molar-refractivity contribution in [1.29, 1.82) is 0 Å². The van der Waals surface area contributed by atoms with E-state index in [0.29, 0.717) is 23.9 Å². The van der Waals surface area contributed by atoms with Crippen molar-refractivity contribution in [3.8, 4) is 0 Å². The van der Waals surface area contributed by atoms with Crippen LogP contribution in [-0.4, -0.2) is 31.5 Å². The summed E-state index contributed by atoms with van der Waals surface area (Å²) in [5.74, 6) is 1.19. The maximum Gasteiger partial charge on any atom is 0.226 e. The Bertz CT molecular complexity index is 549. The van der Waals surface area contributed by atoms with E-state index < -0.39 is 0 Å². The topological polar surface area (TPSA) is 65.5 Å². The van der Waals surface area contributed by atoms with E-state index in [-0.39, 0.29) is 29.9 Å². The number of aliphatic imine (C=N–C) groups is 1. The molecule has 7 heteroatoms. The van der Waals surface area contributed by atoms with Crippen molar-refractivity contribution in [2.24, 2.45) is 10.9 Å². The van der Waals surface area contributed by atoms with Gasteiger partial charge < -0.3 is 16.0 Å². The summed E-state index contributed by atoms with van der Waals surface area (Å²) in [6.07, 6.45) is 0.359. The zero-order valence-corrected chi connectivity index (χ0v) is 17.9. The number of carbonyl (C=O) groups is 1. The molecule has 1 aromatic rings. The summed E-state index contributed by atoms with van der Waals surface area (Å²) in [4.78, 5) is 16.5. The fraction of sp³-hybridized carbons (Fsp3) is 0.529. The van der Waals surface area contributed by atoms with E-state index in [4.69, 9.17) is 11.6 Å². The first-order valence-electron chi connectivity index (χ1n) is 8.01. The summed E-state index contributed by atoms with van der Waals surface area (Å²) in [5, 5.41) is 9.87. The first kappa shape index (κ1) is 23.0. The summed E-state index contributed by atoms with van der Waals surface area (Å²) in [7, 11) is 0. The average Bonchev–Trinajstić information content (AvgIpc) is 2.49. The minimum atomic E-state index is -0.0532. The van der Waals surface area contributed by atoms with Crippen LogP contribution in [0.4, 0.5) is 5.69 Å². The van der Waals surface area contributed by atoms with Crippen LogP contribution in [0.2, 0.25) is 5.02 Å². The highest BCUT2D eigenvalue weighted by Gasteiger charge is 2.07. The molecule has 0 radical (unpaired) electrons. The van der Waals surface area contributed by atoms with Gasteiger partial charge in [0, 0.05) is 36.8 Å². The van der Waals surface area contributed by atoms with E-state index in [1.807, 2.05) is 32.0 Å². The normalized spacial score (nSPS) is 11.0. The molecule has 0 heterocycles. The van der Waals surface area contributed by atoms with E-state index >= 15 is 0 Å².